The lowest BCUT2D eigenvalue weighted by atomic mass is 10.1. The lowest BCUT2D eigenvalue weighted by molar-refractivity contribution is 0.0529. The molecule has 3 heterocycles. The van der Waals surface area contributed by atoms with E-state index in [1.807, 2.05) is 54.1 Å². The molecule has 0 aliphatic carbocycles. The first-order chi connectivity index (χ1) is 14.6. The molecule has 0 saturated carbocycles. The van der Waals surface area contributed by atoms with E-state index in [-0.39, 0.29) is 18.2 Å². The molecule has 4 aromatic rings. The topological polar surface area (TPSA) is 84.9 Å². The first kappa shape index (κ1) is 20.1. The van der Waals surface area contributed by atoms with Gasteiger partial charge in [-0.05, 0) is 37.4 Å². The predicted octanol–water partition coefficient (Wildman–Crippen LogP) is 6.07. The molecule has 8 heteroatoms. The van der Waals surface area contributed by atoms with E-state index in [0.717, 1.165) is 21.6 Å². The van der Waals surface area contributed by atoms with Crippen LogP contribution < -0.4 is 0 Å². The fraction of sp³-hybridized carbons (Fsp3) is 0.136. The lowest BCUT2D eigenvalue weighted by Crippen LogP contribution is -2.04. The van der Waals surface area contributed by atoms with Crippen molar-refractivity contribution < 1.29 is 19.1 Å². The van der Waals surface area contributed by atoms with E-state index < -0.39 is 5.97 Å². The monoisotopic (exact) mass is 438 g/mol. The largest absolute Gasteiger partial charge is 0.479 e. The molecule has 3 aromatic heterocycles. The van der Waals surface area contributed by atoms with Crippen LogP contribution in [0.3, 0.4) is 0 Å². The van der Waals surface area contributed by atoms with Crippen LogP contribution in [-0.2, 0) is 4.74 Å². The summed E-state index contributed by atoms with van der Waals surface area (Å²) < 4.78 is 10.6. The number of hydrogen-bond acceptors (Lipinski definition) is 8. The summed E-state index contributed by atoms with van der Waals surface area (Å²) in [5.74, 6) is -0.467. The maximum atomic E-state index is 12.6. The van der Waals surface area contributed by atoms with Gasteiger partial charge in [0.25, 0.3) is 0 Å². The van der Waals surface area contributed by atoms with Crippen molar-refractivity contribution in [2.75, 3.05) is 6.61 Å². The van der Waals surface area contributed by atoms with Gasteiger partial charge in [0.2, 0.25) is 5.89 Å². The Bertz CT molecular complexity index is 1190. The average molecular weight is 439 g/mol. The zero-order chi connectivity index (χ0) is 21.1. The summed E-state index contributed by atoms with van der Waals surface area (Å²) in [5, 5.41) is 14.4. The highest BCUT2D eigenvalue weighted by Crippen LogP contribution is 2.40. The quantitative estimate of drug-likeness (QED) is 0.292. The molecule has 0 unspecified atom stereocenters. The van der Waals surface area contributed by atoms with Crippen LogP contribution in [0, 0.1) is 6.92 Å². The number of aromatic hydroxyl groups is 1. The summed E-state index contributed by atoms with van der Waals surface area (Å²) in [7, 11) is 0. The van der Waals surface area contributed by atoms with Crippen LogP contribution in [0.15, 0.2) is 56.6 Å². The van der Waals surface area contributed by atoms with Crippen molar-refractivity contribution in [1.82, 2.24) is 4.98 Å². The summed E-state index contributed by atoms with van der Waals surface area (Å²) >= 11 is 2.86. The number of rotatable bonds is 6. The molecule has 152 valence electrons. The van der Waals surface area contributed by atoms with E-state index in [1.54, 1.807) is 6.92 Å². The van der Waals surface area contributed by atoms with Crippen LogP contribution >= 0.6 is 22.7 Å². The number of aromatic nitrogens is 1. The molecule has 0 amide bonds. The molecule has 0 aliphatic heterocycles. The van der Waals surface area contributed by atoms with Crippen molar-refractivity contribution in [3.05, 3.63) is 64.0 Å². The van der Waals surface area contributed by atoms with Gasteiger partial charge in [-0.1, -0.05) is 23.8 Å². The van der Waals surface area contributed by atoms with Gasteiger partial charge in [0.1, 0.15) is 10.6 Å². The second-order valence-electron chi connectivity index (χ2n) is 6.36. The highest BCUT2D eigenvalue weighted by molar-refractivity contribution is 7.16. The van der Waals surface area contributed by atoms with E-state index in [4.69, 9.17) is 9.15 Å². The molecular formula is C22H18N2O4S2. The number of aliphatic imine (C=N–C) groups is 1. The van der Waals surface area contributed by atoms with E-state index in [0.29, 0.717) is 16.5 Å². The Balaban J connectivity index is 1.67. The van der Waals surface area contributed by atoms with Crippen LogP contribution in [0.25, 0.3) is 21.9 Å². The molecule has 1 N–H and O–H groups in total. The maximum absolute atomic E-state index is 12.6. The van der Waals surface area contributed by atoms with Crippen molar-refractivity contribution in [1.29, 1.82) is 0 Å². The molecule has 0 spiro atoms. The van der Waals surface area contributed by atoms with Gasteiger partial charge in [0.15, 0.2) is 5.69 Å². The van der Waals surface area contributed by atoms with E-state index in [1.165, 1.54) is 28.9 Å². The van der Waals surface area contributed by atoms with Gasteiger partial charge in [0, 0.05) is 21.4 Å². The zero-order valence-electron chi connectivity index (χ0n) is 16.3. The van der Waals surface area contributed by atoms with Crippen molar-refractivity contribution in [2.45, 2.75) is 13.8 Å². The van der Waals surface area contributed by atoms with Gasteiger partial charge in [-0.2, -0.15) is 0 Å². The van der Waals surface area contributed by atoms with E-state index in [9.17, 15) is 9.90 Å². The van der Waals surface area contributed by atoms with Crippen LogP contribution in [0.1, 0.15) is 28.5 Å². The number of hydrogen-bond donors (Lipinski definition) is 1. The summed E-state index contributed by atoms with van der Waals surface area (Å²) in [6, 6.07) is 11.5. The van der Waals surface area contributed by atoms with Gasteiger partial charge in [-0.3, -0.25) is 0 Å². The van der Waals surface area contributed by atoms with Gasteiger partial charge >= 0.3 is 11.9 Å². The molecule has 0 fully saturated rings. The molecule has 0 radical (unpaired) electrons. The van der Waals surface area contributed by atoms with Crippen molar-refractivity contribution in [3.8, 4) is 27.8 Å². The fourth-order valence-corrected chi connectivity index (χ4v) is 4.53. The molecule has 0 aliphatic rings. The third-order valence-corrected chi connectivity index (χ3v) is 6.06. The number of carbonyl (C=O) groups is 1. The first-order valence-electron chi connectivity index (χ1n) is 9.20. The Kier molecular flexibility index (Phi) is 5.78. The smallest absolute Gasteiger partial charge is 0.341 e. The van der Waals surface area contributed by atoms with Crippen molar-refractivity contribution in [2.24, 2.45) is 4.99 Å². The average Bonchev–Trinajstić information content (AvgIpc) is 3.47. The van der Waals surface area contributed by atoms with Crippen molar-refractivity contribution in [3.63, 3.8) is 0 Å². The molecule has 6 nitrogen and oxygen atoms in total. The highest BCUT2D eigenvalue weighted by Gasteiger charge is 2.22. The lowest BCUT2D eigenvalue weighted by Gasteiger charge is -2.03. The van der Waals surface area contributed by atoms with Gasteiger partial charge < -0.3 is 14.3 Å². The van der Waals surface area contributed by atoms with Gasteiger partial charge in [-0.25, -0.2) is 14.8 Å². The number of esters is 1. The second kappa shape index (κ2) is 8.64. The number of carbonyl (C=O) groups excluding carboxylic acids is 1. The minimum Gasteiger partial charge on any atom is -0.479 e. The molecular weight excluding hydrogens is 420 g/mol. The Morgan fingerprint density at radius 2 is 2.07 bits per heavy atom. The van der Waals surface area contributed by atoms with Crippen molar-refractivity contribution >= 4 is 39.9 Å². The fourth-order valence-electron chi connectivity index (χ4n) is 2.80. The molecule has 0 atom stereocenters. The Hall–Kier alpha value is -3.23. The minimum absolute atomic E-state index is 0.187. The third kappa shape index (κ3) is 4.05. The minimum atomic E-state index is -0.431. The van der Waals surface area contributed by atoms with Crippen LogP contribution in [0.4, 0.5) is 5.00 Å². The van der Waals surface area contributed by atoms with Crippen LogP contribution in [0.5, 0.6) is 5.95 Å². The molecule has 30 heavy (non-hydrogen) atoms. The van der Waals surface area contributed by atoms with Gasteiger partial charge in [0.05, 0.1) is 12.8 Å². The first-order valence-corrected chi connectivity index (χ1v) is 11.0. The third-order valence-electron chi connectivity index (χ3n) is 4.27. The number of thiophene rings is 2. The molecule has 0 bridgehead atoms. The predicted molar refractivity (Wildman–Crippen MR) is 119 cm³/mol. The van der Waals surface area contributed by atoms with E-state index in [2.05, 4.69) is 9.98 Å². The maximum Gasteiger partial charge on any atom is 0.341 e. The number of oxazole rings is 1. The van der Waals surface area contributed by atoms with Crippen LogP contribution in [0.2, 0.25) is 0 Å². The normalized spacial score (nSPS) is 11.3. The summed E-state index contributed by atoms with van der Waals surface area (Å²) in [5.41, 5.74) is 3.24. The van der Waals surface area contributed by atoms with Gasteiger partial charge in [-0.15, -0.1) is 22.7 Å². The Labute approximate surface area is 181 Å². The summed E-state index contributed by atoms with van der Waals surface area (Å²) in [6.07, 6.45) is 1.39. The molecule has 4 rings (SSSR count). The zero-order valence-corrected chi connectivity index (χ0v) is 17.9. The second-order valence-corrected chi connectivity index (χ2v) is 8.17. The summed E-state index contributed by atoms with van der Waals surface area (Å²) in [6.45, 7) is 4.02. The summed E-state index contributed by atoms with van der Waals surface area (Å²) in [4.78, 5) is 22.3. The number of ether oxygens (including phenoxy) is 1. The molecule has 1 aromatic carbocycles. The standard InChI is InChI=1S/C22H18N2O4S2/c1-3-27-22(26)18-15(17-5-4-10-29-17)12-30-20(18)23-11-16-21(25)28-19(24-16)14-8-6-13(2)7-9-14/h4-12,25H,3H2,1-2H3. The van der Waals surface area contributed by atoms with E-state index >= 15 is 0 Å². The van der Waals surface area contributed by atoms with Crippen LogP contribution in [-0.4, -0.2) is 28.9 Å². The molecule has 0 saturated heterocycles. The Morgan fingerprint density at radius 3 is 2.77 bits per heavy atom. The number of benzene rings is 1. The Morgan fingerprint density at radius 1 is 1.27 bits per heavy atom. The number of nitrogens with zero attached hydrogens (tertiary/aromatic N) is 2. The number of aryl methyl sites for hydroxylation is 1. The highest BCUT2D eigenvalue weighted by atomic mass is 32.1. The SMILES string of the molecule is CCOC(=O)c1c(-c2cccs2)csc1N=Cc1nc(-c2ccc(C)cc2)oc1O.